The number of aliphatic hydroxyl groups is 1. The lowest BCUT2D eigenvalue weighted by molar-refractivity contribution is 0.130. The van der Waals surface area contributed by atoms with Crippen molar-refractivity contribution in [3.63, 3.8) is 0 Å². The Labute approximate surface area is 134 Å². The van der Waals surface area contributed by atoms with Crippen molar-refractivity contribution >= 4 is 6.03 Å². The minimum atomic E-state index is -0.165. The molecule has 5 nitrogen and oxygen atoms in total. The average Bonchev–Trinajstić information content (AvgIpc) is 2.89. The second-order valence-corrected chi connectivity index (χ2v) is 7.46. The Morgan fingerprint density at radius 1 is 1.18 bits per heavy atom. The zero-order valence-corrected chi connectivity index (χ0v) is 14.2. The predicted molar refractivity (Wildman–Crippen MR) is 88.8 cm³/mol. The summed E-state index contributed by atoms with van der Waals surface area (Å²) < 4.78 is 0. The van der Waals surface area contributed by atoms with Gasteiger partial charge in [0.25, 0.3) is 0 Å². The summed E-state index contributed by atoms with van der Waals surface area (Å²) in [6.07, 6.45) is 6.28. The molecule has 3 N–H and O–H groups in total. The molecule has 2 aliphatic rings. The quantitative estimate of drug-likeness (QED) is 0.702. The van der Waals surface area contributed by atoms with Crippen molar-refractivity contribution in [1.29, 1.82) is 0 Å². The van der Waals surface area contributed by atoms with Gasteiger partial charge in [-0.1, -0.05) is 20.3 Å². The Hall–Kier alpha value is -0.810. The molecule has 0 radical (unpaired) electrons. The highest BCUT2D eigenvalue weighted by molar-refractivity contribution is 5.73. The van der Waals surface area contributed by atoms with Crippen LogP contribution in [0, 0.1) is 11.8 Å². The van der Waals surface area contributed by atoms with Crippen molar-refractivity contribution in [1.82, 2.24) is 15.5 Å². The third-order valence-corrected chi connectivity index (χ3v) is 4.91. The SMILES string of the molecule is CC(C)CN1CCCC[C@@H]1CNC(=O)NC[C@H]1CC[C@H](O)C1. The van der Waals surface area contributed by atoms with Crippen LogP contribution in [0.25, 0.3) is 0 Å². The average molecular weight is 311 g/mol. The van der Waals surface area contributed by atoms with E-state index in [0.29, 0.717) is 24.4 Å². The molecule has 22 heavy (non-hydrogen) atoms. The molecule has 0 aromatic rings. The van der Waals surface area contributed by atoms with Gasteiger partial charge in [0.2, 0.25) is 0 Å². The Bertz CT molecular complexity index is 349. The van der Waals surface area contributed by atoms with E-state index in [2.05, 4.69) is 29.4 Å². The zero-order chi connectivity index (χ0) is 15.9. The van der Waals surface area contributed by atoms with Crippen LogP contribution in [0.1, 0.15) is 52.4 Å². The van der Waals surface area contributed by atoms with Gasteiger partial charge in [0.15, 0.2) is 0 Å². The fraction of sp³-hybridized carbons (Fsp3) is 0.941. The van der Waals surface area contributed by atoms with Gasteiger partial charge in [-0.15, -0.1) is 0 Å². The molecule has 1 heterocycles. The van der Waals surface area contributed by atoms with Crippen LogP contribution in [-0.4, -0.2) is 54.4 Å². The molecular formula is C17H33N3O2. The Morgan fingerprint density at radius 2 is 1.95 bits per heavy atom. The van der Waals surface area contributed by atoms with Crippen molar-refractivity contribution in [2.24, 2.45) is 11.8 Å². The summed E-state index contributed by atoms with van der Waals surface area (Å²) in [5.74, 6) is 1.11. The van der Waals surface area contributed by atoms with Crippen LogP contribution in [0.4, 0.5) is 4.79 Å². The van der Waals surface area contributed by atoms with E-state index in [4.69, 9.17) is 0 Å². The lowest BCUT2D eigenvalue weighted by atomic mass is 10.0. The summed E-state index contributed by atoms with van der Waals surface area (Å²) in [4.78, 5) is 14.5. The number of aliphatic hydroxyl groups excluding tert-OH is 1. The smallest absolute Gasteiger partial charge is 0.314 e. The number of carbonyl (C=O) groups excluding carboxylic acids is 1. The van der Waals surface area contributed by atoms with Gasteiger partial charge in [0.1, 0.15) is 0 Å². The van der Waals surface area contributed by atoms with Crippen molar-refractivity contribution in [2.75, 3.05) is 26.2 Å². The van der Waals surface area contributed by atoms with Crippen LogP contribution < -0.4 is 10.6 Å². The van der Waals surface area contributed by atoms with Gasteiger partial charge in [-0.05, 0) is 50.5 Å². The summed E-state index contributed by atoms with van der Waals surface area (Å²) in [6.45, 7) is 8.21. The molecule has 1 aliphatic carbocycles. The van der Waals surface area contributed by atoms with Crippen LogP contribution >= 0.6 is 0 Å². The van der Waals surface area contributed by atoms with E-state index < -0.39 is 0 Å². The Balaban J connectivity index is 1.65. The number of piperidine rings is 1. The van der Waals surface area contributed by atoms with Crippen molar-refractivity contribution < 1.29 is 9.90 Å². The molecule has 128 valence electrons. The standard InChI is InChI=1S/C17H33N3O2/c1-13(2)12-20-8-4-3-5-15(20)11-19-17(22)18-10-14-6-7-16(21)9-14/h13-16,21H,3-12H2,1-2H3,(H2,18,19,22)/t14-,15+,16-/m0/s1. The van der Waals surface area contributed by atoms with Crippen LogP contribution in [-0.2, 0) is 0 Å². The minimum absolute atomic E-state index is 0.0588. The molecule has 0 unspecified atom stereocenters. The largest absolute Gasteiger partial charge is 0.393 e. The fourth-order valence-electron chi connectivity index (χ4n) is 3.74. The molecule has 3 atom stereocenters. The second-order valence-electron chi connectivity index (χ2n) is 7.46. The van der Waals surface area contributed by atoms with Gasteiger partial charge in [-0.25, -0.2) is 4.79 Å². The number of likely N-dealkylation sites (tertiary alicyclic amines) is 1. The highest BCUT2D eigenvalue weighted by Crippen LogP contribution is 2.24. The highest BCUT2D eigenvalue weighted by atomic mass is 16.3. The summed E-state index contributed by atoms with van der Waals surface area (Å²) in [6, 6.07) is 0.423. The number of amides is 2. The van der Waals surface area contributed by atoms with Crippen molar-refractivity contribution in [3.8, 4) is 0 Å². The maximum absolute atomic E-state index is 11.9. The maximum atomic E-state index is 11.9. The number of urea groups is 1. The Morgan fingerprint density at radius 3 is 2.64 bits per heavy atom. The topological polar surface area (TPSA) is 64.6 Å². The van der Waals surface area contributed by atoms with Crippen molar-refractivity contribution in [3.05, 3.63) is 0 Å². The van der Waals surface area contributed by atoms with E-state index in [0.717, 1.165) is 38.9 Å². The van der Waals surface area contributed by atoms with Crippen LogP contribution in [0.2, 0.25) is 0 Å². The predicted octanol–water partition coefficient (Wildman–Crippen LogP) is 1.96. The molecule has 0 aromatic carbocycles. The minimum Gasteiger partial charge on any atom is -0.393 e. The number of hydrogen-bond acceptors (Lipinski definition) is 3. The van der Waals surface area contributed by atoms with Gasteiger partial charge in [0.05, 0.1) is 6.10 Å². The van der Waals surface area contributed by atoms with E-state index in [1.54, 1.807) is 0 Å². The summed E-state index contributed by atoms with van der Waals surface area (Å²) >= 11 is 0. The van der Waals surface area contributed by atoms with Crippen LogP contribution in [0.15, 0.2) is 0 Å². The molecule has 1 saturated heterocycles. The third kappa shape index (κ3) is 5.76. The van der Waals surface area contributed by atoms with Gasteiger partial charge in [-0.3, -0.25) is 4.90 Å². The van der Waals surface area contributed by atoms with E-state index in [-0.39, 0.29) is 12.1 Å². The lowest BCUT2D eigenvalue weighted by Crippen LogP contribution is -2.49. The number of nitrogens with zero attached hydrogens (tertiary/aromatic N) is 1. The monoisotopic (exact) mass is 311 g/mol. The van der Waals surface area contributed by atoms with Gasteiger partial charge in [0, 0.05) is 25.7 Å². The first kappa shape index (κ1) is 17.5. The lowest BCUT2D eigenvalue weighted by Gasteiger charge is -2.36. The maximum Gasteiger partial charge on any atom is 0.314 e. The third-order valence-electron chi connectivity index (χ3n) is 4.91. The van der Waals surface area contributed by atoms with Crippen molar-refractivity contribution in [2.45, 2.75) is 64.5 Å². The molecule has 2 fully saturated rings. The first-order chi connectivity index (χ1) is 10.5. The first-order valence-electron chi connectivity index (χ1n) is 8.98. The number of hydrogen-bond donors (Lipinski definition) is 3. The summed E-state index contributed by atoms with van der Waals surface area (Å²) in [7, 11) is 0. The first-order valence-corrected chi connectivity index (χ1v) is 8.98. The van der Waals surface area contributed by atoms with Crippen LogP contribution in [0.5, 0.6) is 0 Å². The molecule has 1 saturated carbocycles. The number of nitrogens with one attached hydrogen (secondary N) is 2. The summed E-state index contributed by atoms with van der Waals surface area (Å²) in [5, 5.41) is 15.5. The molecule has 2 amide bonds. The molecular weight excluding hydrogens is 278 g/mol. The molecule has 2 rings (SSSR count). The number of carbonyl (C=O) groups is 1. The van der Waals surface area contributed by atoms with E-state index >= 15 is 0 Å². The fourth-order valence-corrected chi connectivity index (χ4v) is 3.74. The number of rotatable bonds is 6. The van der Waals surface area contributed by atoms with E-state index in [9.17, 15) is 9.90 Å². The van der Waals surface area contributed by atoms with Gasteiger partial charge in [-0.2, -0.15) is 0 Å². The normalized spacial score (nSPS) is 29.7. The molecule has 0 aromatic heterocycles. The molecule has 1 aliphatic heterocycles. The van der Waals surface area contributed by atoms with Gasteiger partial charge >= 0.3 is 6.03 Å². The molecule has 0 bridgehead atoms. The van der Waals surface area contributed by atoms with E-state index in [1.165, 1.54) is 19.3 Å². The Kier molecular flexibility index (Phi) is 6.96. The molecule has 5 heteroatoms. The van der Waals surface area contributed by atoms with E-state index in [1.807, 2.05) is 0 Å². The van der Waals surface area contributed by atoms with Gasteiger partial charge < -0.3 is 15.7 Å². The second kappa shape index (κ2) is 8.73. The van der Waals surface area contributed by atoms with Crippen LogP contribution in [0.3, 0.4) is 0 Å². The zero-order valence-electron chi connectivity index (χ0n) is 14.2. The highest BCUT2D eigenvalue weighted by Gasteiger charge is 2.24. The summed E-state index contributed by atoms with van der Waals surface area (Å²) in [5.41, 5.74) is 0. The molecule has 0 spiro atoms.